The van der Waals surface area contributed by atoms with Gasteiger partial charge in [0, 0.05) is 19.2 Å². The molecule has 0 saturated heterocycles. The lowest BCUT2D eigenvalue weighted by Crippen LogP contribution is -2.34. The number of fused-ring (bicyclic) bond motifs is 1. The third-order valence-corrected chi connectivity index (χ3v) is 3.93. The number of aliphatic hydroxyl groups is 1. The quantitative estimate of drug-likeness (QED) is 0.808. The molecule has 0 heterocycles. The molecule has 0 radical (unpaired) electrons. The Hall–Kier alpha value is -2.33. The molecule has 2 aromatic carbocycles. The molecule has 3 rings (SSSR count). The lowest BCUT2D eigenvalue weighted by molar-refractivity contribution is 0.0859. The third kappa shape index (κ3) is 2.50. The fraction of sp³-hybridized carbons (Fsp3) is 0.235. The number of anilines is 1. The van der Waals surface area contributed by atoms with E-state index in [1.807, 2.05) is 42.5 Å². The monoisotopic (exact) mass is 282 g/mol. The number of amides is 1. The van der Waals surface area contributed by atoms with Crippen LogP contribution in [0, 0.1) is 0 Å². The Labute approximate surface area is 123 Å². The Morgan fingerprint density at radius 1 is 1.14 bits per heavy atom. The molecule has 0 aromatic heterocycles. The summed E-state index contributed by atoms with van der Waals surface area (Å²) in [6.45, 7) is 0. The minimum Gasteiger partial charge on any atom is -0.390 e. The number of carbonyl (C=O) groups is 1. The van der Waals surface area contributed by atoms with Crippen LogP contribution in [0.2, 0.25) is 0 Å². The van der Waals surface area contributed by atoms with Gasteiger partial charge in [-0.05, 0) is 23.3 Å². The normalized spacial score (nSPS) is 19.9. The van der Waals surface area contributed by atoms with Gasteiger partial charge in [0.15, 0.2) is 0 Å². The molecule has 0 unspecified atom stereocenters. The van der Waals surface area contributed by atoms with Gasteiger partial charge in [0.1, 0.15) is 0 Å². The Bertz CT molecular complexity index is 669. The van der Waals surface area contributed by atoms with Crippen molar-refractivity contribution in [2.45, 2.75) is 18.6 Å². The van der Waals surface area contributed by atoms with Crippen LogP contribution in [-0.4, -0.2) is 24.2 Å². The summed E-state index contributed by atoms with van der Waals surface area (Å²) in [5.74, 6) is -0.180. The molecule has 108 valence electrons. The largest absolute Gasteiger partial charge is 0.390 e. The number of carbonyl (C=O) groups excluding carboxylic acids is 1. The Morgan fingerprint density at radius 3 is 2.67 bits per heavy atom. The molecule has 2 atom stereocenters. The lowest BCUT2D eigenvalue weighted by Gasteiger charge is -2.19. The van der Waals surface area contributed by atoms with Gasteiger partial charge in [-0.25, -0.2) is 0 Å². The van der Waals surface area contributed by atoms with Crippen molar-refractivity contribution in [3.8, 4) is 0 Å². The van der Waals surface area contributed by atoms with Crippen molar-refractivity contribution < 1.29 is 9.90 Å². The van der Waals surface area contributed by atoms with Gasteiger partial charge in [-0.2, -0.15) is 0 Å². The first kappa shape index (κ1) is 13.6. The van der Waals surface area contributed by atoms with Crippen LogP contribution in [-0.2, 0) is 6.42 Å². The lowest BCUT2D eigenvalue weighted by atomic mass is 10.1. The van der Waals surface area contributed by atoms with Gasteiger partial charge < -0.3 is 15.7 Å². The molecule has 0 spiro atoms. The van der Waals surface area contributed by atoms with Crippen LogP contribution < -0.4 is 10.6 Å². The molecule has 3 N–H and O–H groups in total. The maximum absolute atomic E-state index is 12.5. The Kier molecular flexibility index (Phi) is 3.62. The van der Waals surface area contributed by atoms with Crippen molar-refractivity contribution in [3.63, 3.8) is 0 Å². The maximum atomic E-state index is 12.5. The van der Waals surface area contributed by atoms with Crippen molar-refractivity contribution in [1.29, 1.82) is 0 Å². The number of para-hydroxylation sites is 1. The molecule has 0 aliphatic heterocycles. The van der Waals surface area contributed by atoms with Crippen LogP contribution in [0.15, 0.2) is 48.5 Å². The van der Waals surface area contributed by atoms with Gasteiger partial charge in [-0.1, -0.05) is 36.4 Å². The molecule has 1 amide bonds. The molecule has 4 nitrogen and oxygen atoms in total. The average Bonchev–Trinajstić information content (AvgIpc) is 2.83. The summed E-state index contributed by atoms with van der Waals surface area (Å²) in [7, 11) is 1.78. The van der Waals surface area contributed by atoms with Crippen LogP contribution in [0.4, 0.5) is 5.69 Å². The molecule has 1 aliphatic carbocycles. The van der Waals surface area contributed by atoms with E-state index in [9.17, 15) is 9.90 Å². The van der Waals surface area contributed by atoms with E-state index >= 15 is 0 Å². The van der Waals surface area contributed by atoms with Crippen LogP contribution in [0.25, 0.3) is 0 Å². The summed E-state index contributed by atoms with van der Waals surface area (Å²) in [4.78, 5) is 12.5. The predicted octanol–water partition coefficient (Wildman–Crippen LogP) is 2.12. The molecule has 0 bridgehead atoms. The van der Waals surface area contributed by atoms with E-state index in [0.717, 1.165) is 16.8 Å². The smallest absolute Gasteiger partial charge is 0.253 e. The molecule has 21 heavy (non-hydrogen) atoms. The number of benzene rings is 2. The van der Waals surface area contributed by atoms with E-state index in [1.165, 1.54) is 0 Å². The number of nitrogens with one attached hydrogen (secondary N) is 2. The standard InChI is InChI=1S/C17H18N2O2/c1-18-14-9-5-4-8-13(14)17(21)19-16-12-7-3-2-6-11(12)10-15(16)20/h2-9,15-16,18,20H,10H2,1H3,(H,19,21)/t15-,16+/m0/s1. The van der Waals surface area contributed by atoms with E-state index < -0.39 is 6.10 Å². The summed E-state index contributed by atoms with van der Waals surface area (Å²) in [6.07, 6.45) is 0.00233. The second-order valence-corrected chi connectivity index (χ2v) is 5.22. The van der Waals surface area contributed by atoms with Gasteiger partial charge in [0.2, 0.25) is 0 Å². The zero-order valence-corrected chi connectivity index (χ0v) is 11.8. The number of hydrogen-bond acceptors (Lipinski definition) is 3. The molecule has 2 aromatic rings. The summed E-state index contributed by atoms with van der Waals surface area (Å²) in [6, 6.07) is 14.8. The first-order chi connectivity index (χ1) is 10.2. The first-order valence-electron chi connectivity index (χ1n) is 7.04. The summed E-state index contributed by atoms with van der Waals surface area (Å²) in [5, 5.41) is 16.2. The number of hydrogen-bond donors (Lipinski definition) is 3. The molecular formula is C17H18N2O2. The summed E-state index contributed by atoms with van der Waals surface area (Å²) in [5.41, 5.74) is 3.45. The Morgan fingerprint density at radius 2 is 1.86 bits per heavy atom. The van der Waals surface area contributed by atoms with Gasteiger partial charge >= 0.3 is 0 Å². The van der Waals surface area contributed by atoms with Crippen LogP contribution in [0.3, 0.4) is 0 Å². The van der Waals surface area contributed by atoms with E-state index in [4.69, 9.17) is 0 Å². The van der Waals surface area contributed by atoms with Gasteiger partial charge in [-0.15, -0.1) is 0 Å². The van der Waals surface area contributed by atoms with E-state index in [-0.39, 0.29) is 11.9 Å². The van der Waals surface area contributed by atoms with Crippen LogP contribution in [0.1, 0.15) is 27.5 Å². The minimum absolute atomic E-state index is 0.180. The first-order valence-corrected chi connectivity index (χ1v) is 7.04. The minimum atomic E-state index is -0.576. The predicted molar refractivity (Wildman–Crippen MR) is 82.3 cm³/mol. The van der Waals surface area contributed by atoms with Crippen molar-refractivity contribution in [1.82, 2.24) is 5.32 Å². The van der Waals surface area contributed by atoms with E-state index in [2.05, 4.69) is 10.6 Å². The van der Waals surface area contributed by atoms with E-state index in [0.29, 0.717) is 12.0 Å². The van der Waals surface area contributed by atoms with Crippen molar-refractivity contribution in [3.05, 3.63) is 65.2 Å². The SMILES string of the molecule is CNc1ccccc1C(=O)N[C@@H]1c2ccccc2C[C@@H]1O. The zero-order valence-electron chi connectivity index (χ0n) is 11.8. The summed E-state index contributed by atoms with van der Waals surface area (Å²) >= 11 is 0. The average molecular weight is 282 g/mol. The highest BCUT2D eigenvalue weighted by atomic mass is 16.3. The van der Waals surface area contributed by atoms with E-state index in [1.54, 1.807) is 13.1 Å². The highest BCUT2D eigenvalue weighted by molar-refractivity contribution is 5.99. The highest BCUT2D eigenvalue weighted by Crippen LogP contribution is 2.31. The van der Waals surface area contributed by atoms with Gasteiger partial charge in [-0.3, -0.25) is 4.79 Å². The zero-order chi connectivity index (χ0) is 14.8. The third-order valence-electron chi connectivity index (χ3n) is 3.93. The molecule has 0 saturated carbocycles. The summed E-state index contributed by atoms with van der Waals surface area (Å²) < 4.78 is 0. The molecule has 4 heteroatoms. The second-order valence-electron chi connectivity index (χ2n) is 5.22. The number of rotatable bonds is 3. The molecular weight excluding hydrogens is 264 g/mol. The van der Waals surface area contributed by atoms with Crippen molar-refractivity contribution >= 4 is 11.6 Å². The van der Waals surface area contributed by atoms with Crippen molar-refractivity contribution in [2.75, 3.05) is 12.4 Å². The topological polar surface area (TPSA) is 61.4 Å². The maximum Gasteiger partial charge on any atom is 0.253 e. The molecule has 1 aliphatic rings. The second kappa shape index (κ2) is 5.58. The van der Waals surface area contributed by atoms with Crippen LogP contribution >= 0.6 is 0 Å². The van der Waals surface area contributed by atoms with Crippen molar-refractivity contribution in [2.24, 2.45) is 0 Å². The number of aliphatic hydroxyl groups excluding tert-OH is 1. The fourth-order valence-corrected chi connectivity index (χ4v) is 2.87. The fourth-order valence-electron chi connectivity index (χ4n) is 2.87. The van der Waals surface area contributed by atoms with Gasteiger partial charge in [0.25, 0.3) is 5.91 Å². The van der Waals surface area contributed by atoms with Gasteiger partial charge in [0.05, 0.1) is 17.7 Å². The molecule has 0 fully saturated rings. The highest BCUT2D eigenvalue weighted by Gasteiger charge is 2.32. The Balaban J connectivity index is 1.85. The van der Waals surface area contributed by atoms with Crippen LogP contribution in [0.5, 0.6) is 0 Å².